The van der Waals surface area contributed by atoms with E-state index in [9.17, 15) is 0 Å². The molecule has 0 radical (unpaired) electrons. The Morgan fingerprint density at radius 2 is 2.18 bits per heavy atom. The summed E-state index contributed by atoms with van der Waals surface area (Å²) in [6, 6.07) is 0. The molecule has 0 bridgehead atoms. The van der Waals surface area contributed by atoms with Gasteiger partial charge in [0.25, 0.3) is 0 Å². The fourth-order valence-electron chi connectivity index (χ4n) is 0.811. The zero-order valence-electron chi connectivity index (χ0n) is 7.54. The number of aliphatic hydroxyl groups excluding tert-OH is 1. The predicted molar refractivity (Wildman–Crippen MR) is 47.6 cm³/mol. The topological polar surface area (TPSA) is 38.7 Å². The highest BCUT2D eigenvalue weighted by Gasteiger charge is 2.09. The number of ether oxygens (including phenoxy) is 1. The molecule has 4 heteroatoms. The van der Waals surface area contributed by atoms with E-state index in [0.29, 0.717) is 6.61 Å². The van der Waals surface area contributed by atoms with Gasteiger partial charge in [-0.3, -0.25) is 0 Å². The maximum Gasteiger partial charge on any atom is 0.146 e. The van der Waals surface area contributed by atoms with Crippen LogP contribution in [0.15, 0.2) is 0 Å². The van der Waals surface area contributed by atoms with Gasteiger partial charge in [0.2, 0.25) is 0 Å². The zero-order chi connectivity index (χ0) is 8.69. The Morgan fingerprint density at radius 1 is 1.55 bits per heavy atom. The fourth-order valence-corrected chi connectivity index (χ4v) is 1.18. The van der Waals surface area contributed by atoms with E-state index in [1.54, 1.807) is 0 Å². The van der Waals surface area contributed by atoms with Crippen molar-refractivity contribution in [2.45, 2.75) is 32.5 Å². The molecule has 68 valence electrons. The highest BCUT2D eigenvalue weighted by atomic mass is 28.2. The van der Waals surface area contributed by atoms with Crippen LogP contribution in [-0.2, 0) is 9.16 Å². The predicted octanol–water partition coefficient (Wildman–Crippen LogP) is -0.541. The first kappa shape index (κ1) is 11.1. The van der Waals surface area contributed by atoms with Crippen LogP contribution < -0.4 is 0 Å². The van der Waals surface area contributed by atoms with Gasteiger partial charge in [-0.2, -0.15) is 0 Å². The van der Waals surface area contributed by atoms with Crippen molar-refractivity contribution < 1.29 is 14.3 Å². The maximum atomic E-state index is 8.69. The molecule has 0 aliphatic carbocycles. The van der Waals surface area contributed by atoms with Gasteiger partial charge in [-0.25, -0.2) is 0 Å². The van der Waals surface area contributed by atoms with E-state index >= 15 is 0 Å². The average Bonchev–Trinajstić information content (AvgIpc) is 2.03. The summed E-state index contributed by atoms with van der Waals surface area (Å²) in [6.45, 7) is 4.65. The molecule has 0 fully saturated rings. The lowest BCUT2D eigenvalue weighted by atomic mass is 10.3. The molecule has 0 aliphatic rings. The monoisotopic (exact) mass is 178 g/mol. The van der Waals surface area contributed by atoms with Crippen molar-refractivity contribution in [1.82, 2.24) is 0 Å². The standard InChI is InChI=1S/C7H18O3Si/c1-3-7(5-9-11)10-6(2)4-8/h6-8H,3-5H2,1-2,11H3/t6-,7+/m0/s1. The molecule has 0 saturated carbocycles. The summed E-state index contributed by atoms with van der Waals surface area (Å²) in [4.78, 5) is 0. The van der Waals surface area contributed by atoms with Crippen LogP contribution in [0.3, 0.4) is 0 Å². The molecule has 0 heterocycles. The second-order valence-corrected chi connectivity index (χ2v) is 3.19. The summed E-state index contributed by atoms with van der Waals surface area (Å²) >= 11 is 0. The van der Waals surface area contributed by atoms with Crippen LogP contribution in [0, 0.1) is 0 Å². The summed E-state index contributed by atoms with van der Waals surface area (Å²) in [7, 11) is 0.751. The highest BCUT2D eigenvalue weighted by Crippen LogP contribution is 2.02. The van der Waals surface area contributed by atoms with Gasteiger partial charge in [0.05, 0.1) is 25.4 Å². The first-order valence-corrected chi connectivity index (χ1v) is 4.81. The Kier molecular flexibility index (Phi) is 6.85. The van der Waals surface area contributed by atoms with E-state index < -0.39 is 0 Å². The average molecular weight is 178 g/mol. The summed E-state index contributed by atoms with van der Waals surface area (Å²) in [6.07, 6.45) is 1.01. The first-order valence-electron chi connectivity index (χ1n) is 3.99. The molecule has 0 spiro atoms. The molecule has 0 amide bonds. The van der Waals surface area contributed by atoms with Crippen molar-refractivity contribution in [2.24, 2.45) is 0 Å². The Hall–Kier alpha value is 0.0969. The molecular formula is C7H18O3Si. The minimum Gasteiger partial charge on any atom is -0.425 e. The third-order valence-corrected chi connectivity index (χ3v) is 1.82. The van der Waals surface area contributed by atoms with Crippen molar-refractivity contribution in [3.05, 3.63) is 0 Å². The maximum absolute atomic E-state index is 8.69. The van der Waals surface area contributed by atoms with Gasteiger partial charge in [0.1, 0.15) is 10.5 Å². The summed E-state index contributed by atoms with van der Waals surface area (Å²) in [5.41, 5.74) is 0. The molecule has 1 N–H and O–H groups in total. The largest absolute Gasteiger partial charge is 0.425 e. The molecule has 2 atom stereocenters. The van der Waals surface area contributed by atoms with Crippen molar-refractivity contribution in [2.75, 3.05) is 13.2 Å². The van der Waals surface area contributed by atoms with E-state index in [1.807, 2.05) is 6.92 Å². The number of hydrogen-bond donors (Lipinski definition) is 1. The smallest absolute Gasteiger partial charge is 0.146 e. The van der Waals surface area contributed by atoms with Crippen molar-refractivity contribution >= 4 is 10.5 Å². The normalized spacial score (nSPS) is 16.6. The Balaban J connectivity index is 3.49. The summed E-state index contributed by atoms with van der Waals surface area (Å²) < 4.78 is 10.5. The lowest BCUT2D eigenvalue weighted by Gasteiger charge is -2.19. The van der Waals surface area contributed by atoms with Crippen molar-refractivity contribution in [3.63, 3.8) is 0 Å². The fraction of sp³-hybridized carbons (Fsp3) is 1.00. The van der Waals surface area contributed by atoms with E-state index in [2.05, 4.69) is 6.92 Å². The van der Waals surface area contributed by atoms with Gasteiger partial charge >= 0.3 is 0 Å². The van der Waals surface area contributed by atoms with Gasteiger partial charge in [-0.1, -0.05) is 6.92 Å². The second-order valence-electron chi connectivity index (χ2n) is 2.61. The molecule has 3 nitrogen and oxygen atoms in total. The second kappa shape index (κ2) is 6.79. The van der Waals surface area contributed by atoms with E-state index in [1.165, 1.54) is 0 Å². The molecule has 0 rings (SSSR count). The molecule has 0 unspecified atom stereocenters. The van der Waals surface area contributed by atoms with Crippen molar-refractivity contribution in [1.29, 1.82) is 0 Å². The van der Waals surface area contributed by atoms with Crippen LogP contribution in [0.25, 0.3) is 0 Å². The molecule has 0 aromatic rings. The van der Waals surface area contributed by atoms with Crippen LogP contribution in [0.4, 0.5) is 0 Å². The van der Waals surface area contributed by atoms with Crippen LogP contribution in [0.2, 0.25) is 0 Å². The Bertz CT molecular complexity index is 89.8. The third kappa shape index (κ3) is 5.38. The van der Waals surface area contributed by atoms with Crippen molar-refractivity contribution in [3.8, 4) is 0 Å². The molecule has 0 saturated heterocycles. The highest BCUT2D eigenvalue weighted by molar-refractivity contribution is 5.97. The Labute approximate surface area is 71.2 Å². The molecule has 0 aromatic carbocycles. The van der Waals surface area contributed by atoms with Gasteiger partial charge < -0.3 is 14.3 Å². The Morgan fingerprint density at radius 3 is 2.55 bits per heavy atom. The molecular weight excluding hydrogens is 160 g/mol. The minimum atomic E-state index is -0.0724. The first-order chi connectivity index (χ1) is 5.24. The quantitative estimate of drug-likeness (QED) is 0.555. The summed E-state index contributed by atoms with van der Waals surface area (Å²) in [5, 5.41) is 8.69. The van der Waals surface area contributed by atoms with Gasteiger partial charge in [0.15, 0.2) is 0 Å². The van der Waals surface area contributed by atoms with Crippen LogP contribution in [0.1, 0.15) is 20.3 Å². The molecule has 0 aromatic heterocycles. The zero-order valence-corrected chi connectivity index (χ0v) is 9.54. The third-order valence-electron chi connectivity index (χ3n) is 1.49. The van der Waals surface area contributed by atoms with Crippen LogP contribution in [0.5, 0.6) is 0 Å². The minimum absolute atomic E-state index is 0.0724. The number of hydrogen-bond acceptors (Lipinski definition) is 3. The lowest BCUT2D eigenvalue weighted by molar-refractivity contribution is -0.0472. The molecule has 11 heavy (non-hydrogen) atoms. The number of aliphatic hydroxyl groups is 1. The van der Waals surface area contributed by atoms with Crippen LogP contribution in [-0.4, -0.2) is 41.0 Å². The van der Waals surface area contributed by atoms with E-state index in [0.717, 1.165) is 16.9 Å². The van der Waals surface area contributed by atoms with Crippen LogP contribution >= 0.6 is 0 Å². The van der Waals surface area contributed by atoms with Gasteiger partial charge in [-0.05, 0) is 13.3 Å². The lowest BCUT2D eigenvalue weighted by Crippen LogP contribution is -2.25. The van der Waals surface area contributed by atoms with E-state index in [4.69, 9.17) is 14.3 Å². The molecule has 0 aliphatic heterocycles. The number of rotatable bonds is 6. The van der Waals surface area contributed by atoms with E-state index in [-0.39, 0.29) is 18.8 Å². The van der Waals surface area contributed by atoms with Gasteiger partial charge in [0, 0.05) is 0 Å². The SMILES string of the molecule is CC[C@H](CO[SiH3])O[C@@H](C)CO. The van der Waals surface area contributed by atoms with Gasteiger partial charge in [-0.15, -0.1) is 0 Å². The summed E-state index contributed by atoms with van der Waals surface area (Å²) in [5.74, 6) is 0.